The molecular formula is C15H26N4O. The smallest absolute Gasteiger partial charge is 0.216 e. The average Bonchev–Trinajstić information content (AvgIpc) is 2.45. The Kier molecular flexibility index (Phi) is 7.22. The van der Waals surface area contributed by atoms with Crippen molar-refractivity contribution in [2.75, 3.05) is 26.3 Å². The van der Waals surface area contributed by atoms with E-state index in [1.807, 2.05) is 17.0 Å². The second-order valence-electron chi connectivity index (χ2n) is 4.95. The van der Waals surface area contributed by atoms with E-state index >= 15 is 0 Å². The van der Waals surface area contributed by atoms with Crippen LogP contribution < -0.4 is 16.8 Å². The van der Waals surface area contributed by atoms with E-state index in [0.29, 0.717) is 26.3 Å². The number of nitrogens with one attached hydrogen (secondary N) is 1. The second kappa shape index (κ2) is 8.68. The third-order valence-electron chi connectivity index (χ3n) is 3.30. The highest BCUT2D eigenvalue weighted by atomic mass is 16.1. The van der Waals surface area contributed by atoms with Crippen molar-refractivity contribution in [3.63, 3.8) is 0 Å². The summed E-state index contributed by atoms with van der Waals surface area (Å²) >= 11 is 0. The maximum atomic E-state index is 10.8. The molecule has 5 heteroatoms. The van der Waals surface area contributed by atoms with Crippen LogP contribution in [0.3, 0.4) is 0 Å². The van der Waals surface area contributed by atoms with Gasteiger partial charge < -0.3 is 16.8 Å². The minimum Gasteiger partial charge on any atom is -0.355 e. The quantitative estimate of drug-likeness (QED) is 0.608. The van der Waals surface area contributed by atoms with Gasteiger partial charge in [0.25, 0.3) is 0 Å². The summed E-state index contributed by atoms with van der Waals surface area (Å²) in [5.41, 5.74) is 14.4. The van der Waals surface area contributed by atoms with Crippen LogP contribution in [0.4, 0.5) is 0 Å². The molecule has 1 amide bonds. The number of benzene rings is 1. The van der Waals surface area contributed by atoms with Crippen LogP contribution in [0.2, 0.25) is 0 Å². The van der Waals surface area contributed by atoms with E-state index in [-0.39, 0.29) is 11.9 Å². The molecule has 1 rings (SSSR count). The molecule has 0 saturated carbocycles. The lowest BCUT2D eigenvalue weighted by Gasteiger charge is -2.24. The minimum absolute atomic E-state index is 0.0260. The first-order chi connectivity index (χ1) is 9.56. The van der Waals surface area contributed by atoms with Crippen LogP contribution in [0.5, 0.6) is 0 Å². The van der Waals surface area contributed by atoms with Crippen molar-refractivity contribution in [3.8, 4) is 0 Å². The Morgan fingerprint density at radius 3 is 2.80 bits per heavy atom. The van der Waals surface area contributed by atoms with Gasteiger partial charge in [0.15, 0.2) is 0 Å². The molecule has 1 aromatic rings. The number of nitrogens with two attached hydrogens (primary N) is 2. The van der Waals surface area contributed by atoms with Crippen LogP contribution in [-0.4, -0.2) is 37.1 Å². The summed E-state index contributed by atoms with van der Waals surface area (Å²) in [4.78, 5) is 12.9. The Morgan fingerprint density at radius 2 is 2.20 bits per heavy atom. The third kappa shape index (κ3) is 5.69. The predicted octanol–water partition coefficient (Wildman–Crippen LogP) is 0.603. The van der Waals surface area contributed by atoms with Crippen LogP contribution in [0, 0.1) is 0 Å². The van der Waals surface area contributed by atoms with Gasteiger partial charge in [0, 0.05) is 39.3 Å². The first-order valence-corrected chi connectivity index (χ1v) is 7.08. The van der Waals surface area contributed by atoms with E-state index in [2.05, 4.69) is 24.4 Å². The highest BCUT2D eigenvalue weighted by molar-refractivity contribution is 5.72. The lowest BCUT2D eigenvalue weighted by molar-refractivity contribution is -0.119. The molecule has 5 N–H and O–H groups in total. The number of rotatable bonds is 8. The van der Waals surface area contributed by atoms with Crippen LogP contribution in [0.1, 0.15) is 31.0 Å². The highest BCUT2D eigenvalue weighted by Crippen LogP contribution is 2.14. The summed E-state index contributed by atoms with van der Waals surface area (Å²) in [6.07, 6.45) is 1.00. The van der Waals surface area contributed by atoms with Crippen LogP contribution >= 0.6 is 0 Å². The topological polar surface area (TPSA) is 84.4 Å². The number of hydrogen-bond donors (Lipinski definition) is 3. The lowest BCUT2D eigenvalue weighted by Crippen LogP contribution is -2.41. The van der Waals surface area contributed by atoms with Gasteiger partial charge in [-0.05, 0) is 17.5 Å². The summed E-state index contributed by atoms with van der Waals surface area (Å²) in [5, 5.41) is 2.76. The highest BCUT2D eigenvalue weighted by Gasteiger charge is 2.11. The number of aryl methyl sites for hydroxylation is 1. The number of hydrogen-bond acceptors (Lipinski definition) is 4. The van der Waals surface area contributed by atoms with Crippen LogP contribution in [-0.2, 0) is 11.2 Å². The van der Waals surface area contributed by atoms with Gasteiger partial charge in [0.2, 0.25) is 5.91 Å². The molecule has 0 aliphatic heterocycles. The molecule has 0 aliphatic carbocycles. The molecular weight excluding hydrogens is 252 g/mol. The largest absolute Gasteiger partial charge is 0.355 e. The molecule has 1 aromatic carbocycles. The zero-order chi connectivity index (χ0) is 15.0. The Hall–Kier alpha value is -1.43. The fourth-order valence-corrected chi connectivity index (χ4v) is 2.07. The first kappa shape index (κ1) is 16.6. The number of carbonyl (C=O) groups excluding carboxylic acids is 1. The van der Waals surface area contributed by atoms with Gasteiger partial charge in [-0.1, -0.05) is 31.2 Å². The molecule has 112 valence electrons. The predicted molar refractivity (Wildman–Crippen MR) is 82.1 cm³/mol. The van der Waals surface area contributed by atoms with Crippen molar-refractivity contribution < 1.29 is 4.79 Å². The lowest BCUT2D eigenvalue weighted by atomic mass is 10.0. The molecule has 0 saturated heterocycles. The van der Waals surface area contributed by atoms with Crippen molar-refractivity contribution in [1.82, 2.24) is 10.2 Å². The molecule has 5 nitrogen and oxygen atoms in total. The summed E-state index contributed by atoms with van der Waals surface area (Å²) < 4.78 is 0. The van der Waals surface area contributed by atoms with Gasteiger partial charge in [0.05, 0.1) is 0 Å². The first-order valence-electron chi connectivity index (χ1n) is 7.08. The Morgan fingerprint density at radius 1 is 1.45 bits per heavy atom. The zero-order valence-corrected chi connectivity index (χ0v) is 12.4. The number of carbonyl (C=O) groups is 1. The normalized spacial score (nSPS) is 12.4. The molecule has 0 spiro atoms. The van der Waals surface area contributed by atoms with E-state index in [1.165, 1.54) is 12.5 Å². The maximum absolute atomic E-state index is 10.8. The van der Waals surface area contributed by atoms with Crippen LogP contribution in [0.25, 0.3) is 0 Å². The molecule has 20 heavy (non-hydrogen) atoms. The molecule has 0 bridgehead atoms. The fourth-order valence-electron chi connectivity index (χ4n) is 2.07. The summed E-state index contributed by atoms with van der Waals surface area (Å²) in [7, 11) is 0. The summed E-state index contributed by atoms with van der Waals surface area (Å²) in [6.45, 7) is 6.05. The minimum atomic E-state index is -0.0672. The Bertz CT molecular complexity index is 422. The van der Waals surface area contributed by atoms with Gasteiger partial charge in [-0.2, -0.15) is 0 Å². The number of amides is 1. The monoisotopic (exact) mass is 278 g/mol. The van der Waals surface area contributed by atoms with Crippen molar-refractivity contribution in [2.45, 2.75) is 26.3 Å². The van der Waals surface area contributed by atoms with Crippen LogP contribution in [0.15, 0.2) is 24.3 Å². The molecule has 0 heterocycles. The zero-order valence-electron chi connectivity index (χ0n) is 12.4. The second-order valence-corrected chi connectivity index (χ2v) is 4.95. The molecule has 0 aromatic heterocycles. The van der Waals surface area contributed by atoms with Gasteiger partial charge >= 0.3 is 0 Å². The van der Waals surface area contributed by atoms with E-state index in [0.717, 1.165) is 12.0 Å². The SMILES string of the molecule is CCc1cccc(C(N)CN(CN)CCNC(C)=O)c1. The van der Waals surface area contributed by atoms with E-state index < -0.39 is 0 Å². The number of nitrogens with zero attached hydrogens (tertiary/aromatic N) is 1. The van der Waals surface area contributed by atoms with Crippen molar-refractivity contribution in [2.24, 2.45) is 11.5 Å². The Balaban J connectivity index is 2.52. The van der Waals surface area contributed by atoms with Crippen molar-refractivity contribution >= 4 is 5.91 Å². The third-order valence-corrected chi connectivity index (χ3v) is 3.30. The van der Waals surface area contributed by atoms with Gasteiger partial charge in [0.1, 0.15) is 0 Å². The fraction of sp³-hybridized carbons (Fsp3) is 0.533. The molecule has 1 unspecified atom stereocenters. The van der Waals surface area contributed by atoms with Crippen molar-refractivity contribution in [3.05, 3.63) is 35.4 Å². The van der Waals surface area contributed by atoms with E-state index in [1.54, 1.807) is 0 Å². The summed E-state index contributed by atoms with van der Waals surface area (Å²) in [5.74, 6) is -0.0260. The van der Waals surface area contributed by atoms with Gasteiger partial charge in [-0.15, -0.1) is 0 Å². The molecule has 1 atom stereocenters. The standard InChI is InChI=1S/C15H26N4O/c1-3-13-5-4-6-14(9-13)15(17)10-19(11-16)8-7-18-12(2)20/h4-6,9,15H,3,7-8,10-11,16-17H2,1-2H3,(H,18,20). The molecule has 0 fully saturated rings. The molecule has 0 radical (unpaired) electrons. The van der Waals surface area contributed by atoms with Gasteiger partial charge in [-0.3, -0.25) is 9.69 Å². The van der Waals surface area contributed by atoms with Crippen molar-refractivity contribution in [1.29, 1.82) is 0 Å². The average molecular weight is 278 g/mol. The van der Waals surface area contributed by atoms with Gasteiger partial charge in [-0.25, -0.2) is 0 Å². The van der Waals surface area contributed by atoms with E-state index in [9.17, 15) is 4.79 Å². The molecule has 0 aliphatic rings. The van der Waals surface area contributed by atoms with E-state index in [4.69, 9.17) is 11.5 Å². The summed E-state index contributed by atoms with van der Waals surface area (Å²) in [6, 6.07) is 8.27. The maximum Gasteiger partial charge on any atom is 0.216 e. The Labute approximate surface area is 121 Å².